The van der Waals surface area contributed by atoms with Crippen LogP contribution in [0.25, 0.3) is 11.3 Å². The van der Waals surface area contributed by atoms with Gasteiger partial charge in [-0.05, 0) is 19.1 Å². The van der Waals surface area contributed by atoms with Gasteiger partial charge in [0, 0.05) is 28.6 Å². The number of nitro benzene ring substituents is 1. The van der Waals surface area contributed by atoms with E-state index < -0.39 is 4.92 Å². The molecule has 0 bridgehead atoms. The van der Waals surface area contributed by atoms with Crippen molar-refractivity contribution in [3.05, 3.63) is 69.6 Å². The van der Waals surface area contributed by atoms with Crippen molar-refractivity contribution in [2.45, 2.75) is 6.92 Å². The van der Waals surface area contributed by atoms with Gasteiger partial charge in [0.15, 0.2) is 0 Å². The van der Waals surface area contributed by atoms with Crippen LogP contribution in [-0.4, -0.2) is 20.7 Å². The summed E-state index contributed by atoms with van der Waals surface area (Å²) in [5, 5.41) is 27.3. The lowest BCUT2D eigenvalue weighted by atomic mass is 10.1. The van der Waals surface area contributed by atoms with Crippen molar-refractivity contribution < 1.29 is 10.0 Å². The number of non-ortho nitro benzene ring substituents is 1. The molecule has 0 aliphatic carbocycles. The predicted octanol–water partition coefficient (Wildman–Crippen LogP) is 4.26. The van der Waals surface area contributed by atoms with Crippen LogP contribution in [0.1, 0.15) is 12.5 Å². The quantitative estimate of drug-likeness (QED) is 0.405. The number of rotatable bonds is 5. The highest BCUT2D eigenvalue weighted by Gasteiger charge is 2.10. The fourth-order valence-corrected chi connectivity index (χ4v) is 2.87. The maximum Gasteiger partial charge on any atom is 0.270 e. The molecule has 0 spiro atoms. The molecule has 2 aromatic carbocycles. The molecule has 0 amide bonds. The Morgan fingerprint density at radius 2 is 2.08 bits per heavy atom. The van der Waals surface area contributed by atoms with Crippen LogP contribution in [0.5, 0.6) is 5.75 Å². The zero-order valence-electron chi connectivity index (χ0n) is 13.2. The summed E-state index contributed by atoms with van der Waals surface area (Å²) in [5.41, 5.74) is 5.41. The van der Waals surface area contributed by atoms with Gasteiger partial charge in [0.2, 0.25) is 5.13 Å². The topological polar surface area (TPSA) is 101 Å². The molecule has 3 aromatic rings. The van der Waals surface area contributed by atoms with Crippen LogP contribution >= 0.6 is 11.3 Å². The van der Waals surface area contributed by atoms with Gasteiger partial charge >= 0.3 is 0 Å². The third-order valence-corrected chi connectivity index (χ3v) is 4.22. The number of aromatic nitrogens is 1. The summed E-state index contributed by atoms with van der Waals surface area (Å²) in [6, 6.07) is 13.2. The Kier molecular flexibility index (Phi) is 4.71. The van der Waals surface area contributed by atoms with Crippen LogP contribution in [0, 0.1) is 10.1 Å². The molecule has 0 aliphatic heterocycles. The second kappa shape index (κ2) is 7.10. The molecule has 2 N–H and O–H groups in total. The van der Waals surface area contributed by atoms with E-state index in [-0.39, 0.29) is 11.4 Å². The van der Waals surface area contributed by atoms with E-state index >= 15 is 0 Å². The molecule has 8 heteroatoms. The Morgan fingerprint density at radius 3 is 2.84 bits per heavy atom. The van der Waals surface area contributed by atoms with E-state index in [1.54, 1.807) is 42.6 Å². The van der Waals surface area contributed by atoms with Crippen molar-refractivity contribution in [2.24, 2.45) is 5.10 Å². The number of hydrogen-bond acceptors (Lipinski definition) is 7. The number of nitrogens with one attached hydrogen (secondary N) is 1. The van der Waals surface area contributed by atoms with E-state index in [4.69, 9.17) is 0 Å². The SMILES string of the molecule is C/C(=N/Nc1nc(-c2cccc([N+](=O)[O-])c2)cs1)c1ccccc1O. The second-order valence-electron chi connectivity index (χ2n) is 5.17. The second-order valence-corrected chi connectivity index (χ2v) is 6.03. The summed E-state index contributed by atoms with van der Waals surface area (Å²) >= 11 is 1.34. The highest BCUT2D eigenvalue weighted by Crippen LogP contribution is 2.27. The number of thiazole rings is 1. The van der Waals surface area contributed by atoms with Gasteiger partial charge in [0.05, 0.1) is 16.3 Å². The van der Waals surface area contributed by atoms with E-state index in [0.29, 0.717) is 27.7 Å². The molecule has 0 radical (unpaired) electrons. The number of para-hydroxylation sites is 1. The van der Waals surface area contributed by atoms with Gasteiger partial charge in [0.1, 0.15) is 5.75 Å². The molecule has 0 saturated heterocycles. The molecule has 126 valence electrons. The maximum absolute atomic E-state index is 10.9. The Balaban J connectivity index is 1.78. The maximum atomic E-state index is 10.9. The molecule has 0 saturated carbocycles. The van der Waals surface area contributed by atoms with Crippen molar-refractivity contribution in [3.63, 3.8) is 0 Å². The van der Waals surface area contributed by atoms with E-state index in [2.05, 4.69) is 15.5 Å². The molecule has 1 heterocycles. The Labute approximate surface area is 147 Å². The molecule has 3 rings (SSSR count). The number of nitro groups is 1. The minimum absolute atomic E-state index is 0.0217. The average Bonchev–Trinajstić information content (AvgIpc) is 3.09. The van der Waals surface area contributed by atoms with Gasteiger partial charge < -0.3 is 5.11 Å². The van der Waals surface area contributed by atoms with Gasteiger partial charge in [-0.3, -0.25) is 15.5 Å². The van der Waals surface area contributed by atoms with Crippen molar-refractivity contribution in [3.8, 4) is 17.0 Å². The minimum atomic E-state index is -0.435. The molecule has 1 aromatic heterocycles. The third kappa shape index (κ3) is 3.81. The Morgan fingerprint density at radius 1 is 1.28 bits per heavy atom. The van der Waals surface area contributed by atoms with E-state index in [9.17, 15) is 15.2 Å². The molecule has 25 heavy (non-hydrogen) atoms. The smallest absolute Gasteiger partial charge is 0.270 e. The summed E-state index contributed by atoms with van der Waals surface area (Å²) in [7, 11) is 0. The van der Waals surface area contributed by atoms with Crippen molar-refractivity contribution in [1.82, 2.24) is 4.98 Å². The lowest BCUT2D eigenvalue weighted by molar-refractivity contribution is -0.384. The fraction of sp³-hybridized carbons (Fsp3) is 0.0588. The summed E-state index contributed by atoms with van der Waals surface area (Å²) in [6.45, 7) is 1.77. The summed E-state index contributed by atoms with van der Waals surface area (Å²) in [5.74, 6) is 0.155. The van der Waals surface area contributed by atoms with Gasteiger partial charge in [-0.15, -0.1) is 11.3 Å². The lowest BCUT2D eigenvalue weighted by Crippen LogP contribution is -1.99. The van der Waals surface area contributed by atoms with Crippen LogP contribution in [0.15, 0.2) is 59.0 Å². The number of hydrogen-bond donors (Lipinski definition) is 2. The molecule has 0 fully saturated rings. The monoisotopic (exact) mass is 354 g/mol. The number of hydrazone groups is 1. The highest BCUT2D eigenvalue weighted by atomic mass is 32.1. The highest BCUT2D eigenvalue weighted by molar-refractivity contribution is 7.14. The van der Waals surface area contributed by atoms with Crippen molar-refractivity contribution in [1.29, 1.82) is 0 Å². The lowest BCUT2D eigenvalue weighted by Gasteiger charge is -2.03. The fourth-order valence-electron chi connectivity index (χ4n) is 2.21. The average molecular weight is 354 g/mol. The zero-order valence-corrected chi connectivity index (χ0v) is 14.0. The number of phenolic OH excluding ortho intramolecular Hbond substituents is 1. The van der Waals surface area contributed by atoms with Crippen LogP contribution in [0.3, 0.4) is 0 Å². The van der Waals surface area contributed by atoms with Crippen LogP contribution in [0.4, 0.5) is 10.8 Å². The first-order chi connectivity index (χ1) is 12.0. The van der Waals surface area contributed by atoms with Crippen molar-refractivity contribution in [2.75, 3.05) is 5.43 Å². The number of aromatic hydroxyl groups is 1. The first-order valence-electron chi connectivity index (χ1n) is 7.33. The van der Waals surface area contributed by atoms with E-state index in [0.717, 1.165) is 0 Å². The van der Waals surface area contributed by atoms with Gasteiger partial charge in [-0.1, -0.05) is 24.3 Å². The Hall–Kier alpha value is -3.26. The zero-order chi connectivity index (χ0) is 17.8. The normalized spacial score (nSPS) is 11.3. The number of anilines is 1. The van der Waals surface area contributed by atoms with Crippen molar-refractivity contribution >= 4 is 27.9 Å². The largest absolute Gasteiger partial charge is 0.507 e. The summed E-state index contributed by atoms with van der Waals surface area (Å²) in [4.78, 5) is 14.8. The Bertz CT molecular complexity index is 952. The van der Waals surface area contributed by atoms with E-state index in [1.807, 2.05) is 6.07 Å². The standard InChI is InChI=1S/C17H14N4O3S/c1-11(14-7-2-3-8-16(14)22)19-20-17-18-15(10-25-17)12-5-4-6-13(9-12)21(23)24/h2-10,22H,1H3,(H,18,20)/b19-11-. The first-order valence-corrected chi connectivity index (χ1v) is 8.21. The number of benzene rings is 2. The minimum Gasteiger partial charge on any atom is -0.507 e. The predicted molar refractivity (Wildman–Crippen MR) is 98.1 cm³/mol. The van der Waals surface area contributed by atoms with E-state index in [1.165, 1.54) is 23.5 Å². The molecule has 0 unspecified atom stereocenters. The molecule has 0 aliphatic rings. The number of nitrogens with zero attached hydrogens (tertiary/aromatic N) is 3. The summed E-state index contributed by atoms with van der Waals surface area (Å²) in [6.07, 6.45) is 0. The molecular formula is C17H14N4O3S. The number of phenols is 1. The summed E-state index contributed by atoms with van der Waals surface area (Å²) < 4.78 is 0. The molecule has 0 atom stereocenters. The third-order valence-electron chi connectivity index (χ3n) is 3.47. The van der Waals surface area contributed by atoms with Gasteiger partial charge in [0.25, 0.3) is 5.69 Å². The van der Waals surface area contributed by atoms with Gasteiger partial charge in [-0.2, -0.15) is 5.10 Å². The molecule has 7 nitrogen and oxygen atoms in total. The molecular weight excluding hydrogens is 340 g/mol. The van der Waals surface area contributed by atoms with Crippen LogP contribution in [-0.2, 0) is 0 Å². The van der Waals surface area contributed by atoms with Gasteiger partial charge in [-0.25, -0.2) is 4.98 Å². The first kappa shape index (κ1) is 16.6. The van der Waals surface area contributed by atoms with Crippen LogP contribution in [0.2, 0.25) is 0 Å². The van der Waals surface area contributed by atoms with Crippen LogP contribution < -0.4 is 5.43 Å².